The van der Waals surface area contributed by atoms with Crippen molar-refractivity contribution >= 4 is 11.4 Å². The molecule has 0 saturated carbocycles. The number of aromatic nitrogens is 5. The van der Waals surface area contributed by atoms with E-state index in [9.17, 15) is 18.4 Å². The minimum absolute atomic E-state index is 0.191. The molecule has 1 saturated heterocycles. The first-order chi connectivity index (χ1) is 13.0. The molecule has 142 valence electrons. The second-order valence-electron chi connectivity index (χ2n) is 6.64. The van der Waals surface area contributed by atoms with Crippen LogP contribution in [0.1, 0.15) is 28.9 Å². The van der Waals surface area contributed by atoms with Gasteiger partial charge in [-0.1, -0.05) is 0 Å². The van der Waals surface area contributed by atoms with Gasteiger partial charge in [0.25, 0.3) is 11.5 Å². The standard InChI is InChI=1S/C17H18F2N6O2/c1-10-12(16(27)23-7-4-11(5-8-23)14(18)19)9-20-25(10)17-21-15(26)13-3-2-6-24(13)22-17/h2-3,6,9,11,14H,4-5,7-8H2,1H3,(H,21,22,26). The van der Waals surface area contributed by atoms with Crippen LogP contribution >= 0.6 is 0 Å². The van der Waals surface area contributed by atoms with Crippen molar-refractivity contribution in [3.05, 3.63) is 46.1 Å². The molecule has 1 aliphatic heterocycles. The van der Waals surface area contributed by atoms with Gasteiger partial charge in [0, 0.05) is 25.2 Å². The molecule has 3 aromatic rings. The van der Waals surface area contributed by atoms with Crippen molar-refractivity contribution in [2.75, 3.05) is 13.1 Å². The maximum atomic E-state index is 12.8. The van der Waals surface area contributed by atoms with Crippen molar-refractivity contribution < 1.29 is 13.6 Å². The fraction of sp³-hybridized carbons (Fsp3) is 0.412. The number of H-pyrrole nitrogens is 1. The van der Waals surface area contributed by atoms with Crippen LogP contribution in [0.15, 0.2) is 29.3 Å². The molecule has 0 aliphatic carbocycles. The van der Waals surface area contributed by atoms with Gasteiger partial charge in [-0.3, -0.25) is 14.6 Å². The number of amides is 1. The summed E-state index contributed by atoms with van der Waals surface area (Å²) in [6, 6.07) is 3.35. The van der Waals surface area contributed by atoms with Crippen LogP contribution in [-0.2, 0) is 0 Å². The Labute approximate surface area is 152 Å². The van der Waals surface area contributed by atoms with Crippen molar-refractivity contribution in [3.8, 4) is 5.95 Å². The monoisotopic (exact) mass is 376 g/mol. The molecule has 27 heavy (non-hydrogen) atoms. The lowest BCUT2D eigenvalue weighted by Crippen LogP contribution is -2.40. The van der Waals surface area contributed by atoms with Crippen LogP contribution in [-0.4, -0.2) is 54.7 Å². The average Bonchev–Trinajstić information content (AvgIpc) is 3.28. The first-order valence-corrected chi connectivity index (χ1v) is 8.66. The number of aromatic amines is 1. The number of carbonyl (C=O) groups is 1. The Kier molecular flexibility index (Phi) is 4.25. The Hall–Kier alpha value is -3.04. The summed E-state index contributed by atoms with van der Waals surface area (Å²) in [5.41, 5.74) is 0.968. The van der Waals surface area contributed by atoms with Crippen LogP contribution in [0.25, 0.3) is 11.5 Å². The van der Waals surface area contributed by atoms with E-state index < -0.39 is 12.3 Å². The number of carbonyl (C=O) groups excluding carboxylic acids is 1. The summed E-state index contributed by atoms with van der Waals surface area (Å²) in [5, 5.41) is 8.48. The normalized spacial score (nSPS) is 15.8. The summed E-state index contributed by atoms with van der Waals surface area (Å²) in [7, 11) is 0. The molecule has 0 bridgehead atoms. The highest BCUT2D eigenvalue weighted by Crippen LogP contribution is 2.25. The Bertz CT molecular complexity index is 1050. The molecule has 0 unspecified atom stereocenters. The van der Waals surface area contributed by atoms with Gasteiger partial charge in [-0.05, 0) is 31.9 Å². The summed E-state index contributed by atoms with van der Waals surface area (Å²) < 4.78 is 28.4. The van der Waals surface area contributed by atoms with Crippen LogP contribution in [0.4, 0.5) is 8.78 Å². The van der Waals surface area contributed by atoms with Gasteiger partial charge in [0.1, 0.15) is 5.52 Å². The maximum Gasteiger partial charge on any atom is 0.276 e. The number of halogens is 2. The van der Waals surface area contributed by atoms with E-state index >= 15 is 0 Å². The molecular weight excluding hydrogens is 358 g/mol. The van der Waals surface area contributed by atoms with Crippen LogP contribution in [0.2, 0.25) is 0 Å². The second kappa shape index (κ2) is 6.60. The molecule has 0 atom stereocenters. The van der Waals surface area contributed by atoms with E-state index in [1.807, 2.05) is 0 Å². The number of alkyl halides is 2. The van der Waals surface area contributed by atoms with E-state index in [0.717, 1.165) is 0 Å². The fourth-order valence-corrected chi connectivity index (χ4v) is 3.39. The highest BCUT2D eigenvalue weighted by atomic mass is 19.3. The van der Waals surface area contributed by atoms with E-state index in [1.54, 1.807) is 30.2 Å². The number of nitrogens with zero attached hydrogens (tertiary/aromatic N) is 5. The lowest BCUT2D eigenvalue weighted by molar-refractivity contribution is 0.0311. The van der Waals surface area contributed by atoms with Gasteiger partial charge in [0.15, 0.2) is 0 Å². The molecule has 1 N–H and O–H groups in total. The van der Waals surface area contributed by atoms with Gasteiger partial charge < -0.3 is 4.90 Å². The summed E-state index contributed by atoms with van der Waals surface area (Å²) in [4.78, 5) is 29.1. The molecule has 8 nitrogen and oxygen atoms in total. The zero-order chi connectivity index (χ0) is 19.1. The Morgan fingerprint density at radius 3 is 2.78 bits per heavy atom. The highest BCUT2D eigenvalue weighted by molar-refractivity contribution is 5.95. The lowest BCUT2D eigenvalue weighted by Gasteiger charge is -2.31. The van der Waals surface area contributed by atoms with Gasteiger partial charge in [0.2, 0.25) is 12.4 Å². The average molecular weight is 376 g/mol. The minimum Gasteiger partial charge on any atom is -0.339 e. The van der Waals surface area contributed by atoms with Crippen molar-refractivity contribution in [2.24, 2.45) is 5.92 Å². The third-order valence-electron chi connectivity index (χ3n) is 5.01. The van der Waals surface area contributed by atoms with Crippen molar-refractivity contribution in [3.63, 3.8) is 0 Å². The fourth-order valence-electron chi connectivity index (χ4n) is 3.39. The number of likely N-dealkylation sites (tertiary alicyclic amines) is 1. The minimum atomic E-state index is -2.35. The number of nitrogens with one attached hydrogen (secondary N) is 1. The first kappa shape index (κ1) is 17.4. The molecule has 3 aromatic heterocycles. The molecule has 0 radical (unpaired) electrons. The molecular formula is C17H18F2N6O2. The largest absolute Gasteiger partial charge is 0.339 e. The van der Waals surface area contributed by atoms with Gasteiger partial charge in [-0.2, -0.15) is 5.10 Å². The summed E-state index contributed by atoms with van der Waals surface area (Å²) in [6.07, 6.45) is 1.28. The van der Waals surface area contributed by atoms with Crippen LogP contribution in [0, 0.1) is 12.8 Å². The maximum absolute atomic E-state index is 12.8. The Morgan fingerprint density at radius 2 is 2.07 bits per heavy atom. The zero-order valence-corrected chi connectivity index (χ0v) is 14.6. The van der Waals surface area contributed by atoms with Crippen molar-refractivity contribution in [2.45, 2.75) is 26.2 Å². The van der Waals surface area contributed by atoms with E-state index in [2.05, 4.69) is 15.2 Å². The predicted octanol–water partition coefficient (Wildman–Crippen LogP) is 1.63. The predicted molar refractivity (Wildman–Crippen MR) is 92.3 cm³/mol. The quantitative estimate of drug-likeness (QED) is 0.753. The van der Waals surface area contributed by atoms with E-state index in [0.29, 0.717) is 29.9 Å². The number of hydrogen-bond acceptors (Lipinski definition) is 4. The SMILES string of the molecule is Cc1c(C(=O)N2CCC(C(F)F)CC2)cnn1-c1nn2cccc2c(=O)[nH]1. The van der Waals surface area contributed by atoms with Gasteiger partial charge >= 0.3 is 0 Å². The van der Waals surface area contributed by atoms with E-state index in [-0.39, 0.29) is 30.3 Å². The number of rotatable bonds is 3. The zero-order valence-electron chi connectivity index (χ0n) is 14.6. The molecule has 0 aromatic carbocycles. The number of fused-ring (bicyclic) bond motifs is 1. The summed E-state index contributed by atoms with van der Waals surface area (Å²) in [6.45, 7) is 2.29. The van der Waals surface area contributed by atoms with Crippen LogP contribution in [0.5, 0.6) is 0 Å². The highest BCUT2D eigenvalue weighted by Gasteiger charge is 2.30. The van der Waals surface area contributed by atoms with Gasteiger partial charge in [0.05, 0.1) is 17.5 Å². The molecule has 1 fully saturated rings. The lowest BCUT2D eigenvalue weighted by atomic mass is 9.97. The summed E-state index contributed by atoms with van der Waals surface area (Å²) in [5.74, 6) is -0.715. The smallest absolute Gasteiger partial charge is 0.276 e. The van der Waals surface area contributed by atoms with Crippen LogP contribution < -0.4 is 5.56 Å². The molecule has 4 heterocycles. The third kappa shape index (κ3) is 3.00. The summed E-state index contributed by atoms with van der Waals surface area (Å²) >= 11 is 0. The molecule has 4 rings (SSSR count). The molecule has 10 heteroatoms. The van der Waals surface area contributed by atoms with Gasteiger partial charge in [-0.25, -0.2) is 18.0 Å². The van der Waals surface area contributed by atoms with Crippen LogP contribution in [0.3, 0.4) is 0 Å². The number of hydrogen-bond donors (Lipinski definition) is 1. The molecule has 0 spiro atoms. The van der Waals surface area contributed by atoms with Crippen molar-refractivity contribution in [1.82, 2.24) is 29.3 Å². The second-order valence-corrected chi connectivity index (χ2v) is 6.64. The van der Waals surface area contributed by atoms with Crippen molar-refractivity contribution in [1.29, 1.82) is 0 Å². The molecule has 1 aliphatic rings. The number of piperidine rings is 1. The third-order valence-corrected chi connectivity index (χ3v) is 5.01. The van der Waals surface area contributed by atoms with E-state index in [4.69, 9.17) is 0 Å². The van der Waals surface area contributed by atoms with E-state index in [1.165, 1.54) is 15.4 Å². The molecule has 1 amide bonds. The van der Waals surface area contributed by atoms with Gasteiger partial charge in [-0.15, -0.1) is 5.10 Å². The first-order valence-electron chi connectivity index (χ1n) is 8.66. The Morgan fingerprint density at radius 1 is 1.33 bits per heavy atom. The topological polar surface area (TPSA) is 88.3 Å². The Balaban J connectivity index is 1.60.